The lowest BCUT2D eigenvalue weighted by atomic mass is 10.1. The molecule has 0 bridgehead atoms. The van der Waals surface area contributed by atoms with Crippen molar-refractivity contribution in [3.63, 3.8) is 0 Å². The fourth-order valence-electron chi connectivity index (χ4n) is 2.31. The zero-order valence-corrected chi connectivity index (χ0v) is 12.6. The van der Waals surface area contributed by atoms with Crippen molar-refractivity contribution < 1.29 is 4.79 Å². The van der Waals surface area contributed by atoms with E-state index in [1.165, 1.54) is 11.8 Å². The summed E-state index contributed by atoms with van der Waals surface area (Å²) in [5, 5.41) is 12.4. The van der Waals surface area contributed by atoms with Gasteiger partial charge in [0.05, 0.1) is 17.4 Å². The number of nitrogens with one attached hydrogen (secondary N) is 1. The Balaban J connectivity index is 2.07. The first-order valence-corrected chi connectivity index (χ1v) is 7.61. The van der Waals surface area contributed by atoms with Gasteiger partial charge in [0.2, 0.25) is 0 Å². The van der Waals surface area contributed by atoms with Gasteiger partial charge in [0.25, 0.3) is 5.91 Å². The molecule has 21 heavy (non-hydrogen) atoms. The third kappa shape index (κ3) is 2.71. The Morgan fingerprint density at radius 2 is 2.24 bits per heavy atom. The number of hydrogen-bond donors (Lipinski definition) is 1. The molecule has 1 aromatic heterocycles. The first-order valence-electron chi connectivity index (χ1n) is 6.39. The second kappa shape index (κ2) is 5.72. The van der Waals surface area contributed by atoms with Crippen molar-refractivity contribution in [2.24, 2.45) is 0 Å². The van der Waals surface area contributed by atoms with Crippen LogP contribution in [0.4, 0.5) is 0 Å². The molecule has 1 aromatic carbocycles. The summed E-state index contributed by atoms with van der Waals surface area (Å²) >= 11 is 6.27. The average molecular weight is 313 g/mol. The van der Waals surface area contributed by atoms with Crippen LogP contribution in [0.1, 0.15) is 12.0 Å². The number of benzene rings is 1. The smallest absolute Gasteiger partial charge is 0.263 e. The summed E-state index contributed by atoms with van der Waals surface area (Å²) in [6.45, 7) is 0.637. The van der Waals surface area contributed by atoms with Gasteiger partial charge in [-0.3, -0.25) is 4.79 Å². The number of rotatable bonds is 3. The summed E-state index contributed by atoms with van der Waals surface area (Å²) in [6.07, 6.45) is 4.28. The topological polar surface area (TPSA) is 57.8 Å². The molecule has 0 spiro atoms. The number of amides is 1. The van der Waals surface area contributed by atoms with E-state index in [1.807, 2.05) is 41.1 Å². The molecular formula is C15H11N3OS2. The minimum absolute atomic E-state index is 0.154. The van der Waals surface area contributed by atoms with E-state index in [-0.39, 0.29) is 5.91 Å². The van der Waals surface area contributed by atoms with Crippen molar-refractivity contribution >= 4 is 51.2 Å². The molecule has 1 N–H and O–H groups in total. The molecule has 0 radical (unpaired) electrons. The number of fused-ring (bicyclic) bond motifs is 1. The van der Waals surface area contributed by atoms with E-state index < -0.39 is 0 Å². The quantitative estimate of drug-likeness (QED) is 0.699. The molecule has 0 unspecified atom stereocenters. The lowest BCUT2D eigenvalue weighted by Gasteiger charge is -2.00. The van der Waals surface area contributed by atoms with Crippen LogP contribution in [0.3, 0.4) is 0 Å². The Kier molecular flexibility index (Phi) is 3.78. The van der Waals surface area contributed by atoms with Gasteiger partial charge in [-0.05, 0) is 12.1 Å². The van der Waals surface area contributed by atoms with Crippen LogP contribution in [0.25, 0.3) is 17.0 Å². The Morgan fingerprint density at radius 1 is 1.43 bits per heavy atom. The van der Waals surface area contributed by atoms with Crippen LogP contribution < -0.4 is 5.32 Å². The predicted molar refractivity (Wildman–Crippen MR) is 88.5 cm³/mol. The third-order valence-corrected chi connectivity index (χ3v) is 4.38. The molecule has 1 aliphatic heterocycles. The number of carbonyl (C=O) groups is 1. The van der Waals surface area contributed by atoms with Crippen molar-refractivity contribution in [3.8, 4) is 6.07 Å². The summed E-state index contributed by atoms with van der Waals surface area (Å²) in [6, 6.07) is 10.1. The minimum Gasteiger partial charge on any atom is -0.346 e. The van der Waals surface area contributed by atoms with Gasteiger partial charge in [-0.15, -0.1) is 0 Å². The Labute approximate surface area is 131 Å². The summed E-state index contributed by atoms with van der Waals surface area (Å²) < 4.78 is 2.53. The third-order valence-electron chi connectivity index (χ3n) is 3.21. The molecular weight excluding hydrogens is 302 g/mol. The SMILES string of the molecule is N#CCCn1cc(/C=C2/SC(=S)NC2=O)c2ccccc21. The number of hydrogen-bond acceptors (Lipinski definition) is 4. The van der Waals surface area contributed by atoms with Gasteiger partial charge < -0.3 is 9.88 Å². The number of para-hydroxylation sites is 1. The van der Waals surface area contributed by atoms with Crippen LogP contribution in [0.2, 0.25) is 0 Å². The zero-order valence-electron chi connectivity index (χ0n) is 11.0. The van der Waals surface area contributed by atoms with E-state index in [1.54, 1.807) is 0 Å². The van der Waals surface area contributed by atoms with E-state index in [4.69, 9.17) is 17.5 Å². The molecule has 2 heterocycles. The highest BCUT2D eigenvalue weighted by molar-refractivity contribution is 8.26. The van der Waals surface area contributed by atoms with Crippen molar-refractivity contribution in [1.29, 1.82) is 5.26 Å². The average Bonchev–Trinajstić information content (AvgIpc) is 2.98. The second-order valence-electron chi connectivity index (χ2n) is 4.56. The molecule has 2 aromatic rings. The molecule has 3 rings (SSSR count). The van der Waals surface area contributed by atoms with Crippen LogP contribution in [-0.4, -0.2) is 14.8 Å². The first-order chi connectivity index (χ1) is 10.2. The largest absolute Gasteiger partial charge is 0.346 e. The monoisotopic (exact) mass is 313 g/mol. The standard InChI is InChI=1S/C15H11N3OS2/c16-6-3-7-18-9-10(11-4-1-2-5-12(11)18)8-13-14(19)17-15(20)21-13/h1-2,4-5,8-9H,3,7H2,(H,17,19,20)/b13-8+. The summed E-state index contributed by atoms with van der Waals surface area (Å²) in [5.41, 5.74) is 2.02. The maximum absolute atomic E-state index is 11.8. The highest BCUT2D eigenvalue weighted by Crippen LogP contribution is 2.29. The van der Waals surface area contributed by atoms with Crippen molar-refractivity contribution in [2.75, 3.05) is 0 Å². The summed E-state index contributed by atoms with van der Waals surface area (Å²) in [4.78, 5) is 12.4. The lowest BCUT2D eigenvalue weighted by molar-refractivity contribution is -0.115. The molecule has 4 nitrogen and oxygen atoms in total. The summed E-state index contributed by atoms with van der Waals surface area (Å²) in [7, 11) is 0. The molecule has 1 fully saturated rings. The predicted octanol–water partition coefficient (Wildman–Crippen LogP) is 3.04. The number of aromatic nitrogens is 1. The number of carbonyl (C=O) groups excluding carboxylic acids is 1. The Bertz CT molecular complexity index is 814. The fraction of sp³-hybridized carbons (Fsp3) is 0.133. The maximum Gasteiger partial charge on any atom is 0.263 e. The lowest BCUT2D eigenvalue weighted by Crippen LogP contribution is -2.17. The Hall–Kier alpha value is -2.10. The number of aryl methyl sites for hydroxylation is 1. The van der Waals surface area contributed by atoms with Gasteiger partial charge in [0.15, 0.2) is 0 Å². The molecule has 0 atom stereocenters. The molecule has 6 heteroatoms. The van der Waals surface area contributed by atoms with Gasteiger partial charge >= 0.3 is 0 Å². The van der Waals surface area contributed by atoms with Crippen LogP contribution in [0.15, 0.2) is 35.4 Å². The fourth-order valence-corrected chi connectivity index (χ4v) is 3.34. The van der Waals surface area contributed by atoms with Gasteiger partial charge in [-0.1, -0.05) is 42.2 Å². The van der Waals surface area contributed by atoms with E-state index in [0.717, 1.165) is 16.5 Å². The molecule has 1 saturated heterocycles. The highest BCUT2D eigenvalue weighted by Gasteiger charge is 2.22. The van der Waals surface area contributed by atoms with E-state index >= 15 is 0 Å². The minimum atomic E-state index is -0.154. The van der Waals surface area contributed by atoms with Gasteiger partial charge in [0.1, 0.15) is 4.32 Å². The first kappa shape index (κ1) is 13.9. The number of thioether (sulfide) groups is 1. The molecule has 0 saturated carbocycles. The Morgan fingerprint density at radius 3 is 2.95 bits per heavy atom. The highest BCUT2D eigenvalue weighted by atomic mass is 32.2. The number of nitriles is 1. The van der Waals surface area contributed by atoms with Crippen LogP contribution in [0.5, 0.6) is 0 Å². The zero-order chi connectivity index (χ0) is 14.8. The molecule has 1 amide bonds. The summed E-state index contributed by atoms with van der Waals surface area (Å²) in [5.74, 6) is -0.154. The maximum atomic E-state index is 11.8. The molecule has 0 aliphatic carbocycles. The number of nitrogens with zero attached hydrogens (tertiary/aromatic N) is 2. The molecule has 1 aliphatic rings. The second-order valence-corrected chi connectivity index (χ2v) is 6.27. The van der Waals surface area contributed by atoms with E-state index in [9.17, 15) is 4.79 Å². The van der Waals surface area contributed by atoms with Gasteiger partial charge in [-0.25, -0.2) is 0 Å². The van der Waals surface area contributed by atoms with Crippen LogP contribution in [-0.2, 0) is 11.3 Å². The van der Waals surface area contributed by atoms with Crippen LogP contribution >= 0.6 is 24.0 Å². The van der Waals surface area contributed by atoms with Crippen molar-refractivity contribution in [3.05, 3.63) is 40.9 Å². The normalized spacial score (nSPS) is 16.4. The van der Waals surface area contributed by atoms with E-state index in [2.05, 4.69) is 11.4 Å². The van der Waals surface area contributed by atoms with E-state index in [0.29, 0.717) is 22.2 Å². The van der Waals surface area contributed by atoms with Gasteiger partial charge in [0, 0.05) is 29.2 Å². The molecule has 104 valence electrons. The number of thiocarbonyl (C=S) groups is 1. The van der Waals surface area contributed by atoms with Crippen molar-refractivity contribution in [2.45, 2.75) is 13.0 Å². The van der Waals surface area contributed by atoms with Gasteiger partial charge in [-0.2, -0.15) is 5.26 Å². The van der Waals surface area contributed by atoms with Crippen molar-refractivity contribution in [1.82, 2.24) is 9.88 Å². The van der Waals surface area contributed by atoms with Crippen LogP contribution in [0, 0.1) is 11.3 Å².